The smallest absolute Gasteiger partial charge is 0.254 e. The molecular formula is C16H19ClN4O2. The fraction of sp³-hybridized carbons (Fsp3) is 0.438. The molecule has 0 bridgehead atoms. The van der Waals surface area contributed by atoms with Crippen LogP contribution in [0.5, 0.6) is 0 Å². The molecule has 1 amide bonds. The van der Waals surface area contributed by atoms with E-state index in [0.717, 1.165) is 12.1 Å². The number of benzene rings is 1. The molecule has 2 aromatic rings. The first kappa shape index (κ1) is 16.0. The monoisotopic (exact) mass is 334 g/mol. The summed E-state index contributed by atoms with van der Waals surface area (Å²) in [6, 6.07) is 5.32. The van der Waals surface area contributed by atoms with Gasteiger partial charge in [0.15, 0.2) is 5.82 Å². The third-order valence-corrected chi connectivity index (χ3v) is 4.59. The van der Waals surface area contributed by atoms with Crippen LogP contribution in [0.2, 0.25) is 5.02 Å². The van der Waals surface area contributed by atoms with Crippen molar-refractivity contribution in [2.24, 2.45) is 0 Å². The van der Waals surface area contributed by atoms with E-state index in [1.807, 2.05) is 31.0 Å². The Balaban J connectivity index is 1.80. The predicted octanol–water partition coefficient (Wildman–Crippen LogP) is 2.47. The molecule has 122 valence electrons. The number of hydrogen-bond acceptors (Lipinski definition) is 5. The largest absolute Gasteiger partial charge is 0.338 e. The van der Waals surface area contributed by atoms with Gasteiger partial charge >= 0.3 is 0 Å². The molecule has 0 radical (unpaired) electrons. The van der Waals surface area contributed by atoms with Crippen molar-refractivity contribution in [3.8, 4) is 0 Å². The summed E-state index contributed by atoms with van der Waals surface area (Å²) < 4.78 is 5.28. The number of aryl methyl sites for hydroxylation is 2. The van der Waals surface area contributed by atoms with Crippen LogP contribution in [0.25, 0.3) is 0 Å². The summed E-state index contributed by atoms with van der Waals surface area (Å²) in [5.41, 5.74) is 1.56. The van der Waals surface area contributed by atoms with E-state index >= 15 is 0 Å². The topological polar surface area (TPSA) is 62.5 Å². The molecule has 0 spiro atoms. The quantitative estimate of drug-likeness (QED) is 0.844. The molecule has 1 aliphatic rings. The van der Waals surface area contributed by atoms with Gasteiger partial charge in [-0.1, -0.05) is 22.8 Å². The molecule has 1 aliphatic heterocycles. The Morgan fingerprint density at radius 2 is 2.13 bits per heavy atom. The van der Waals surface area contributed by atoms with Gasteiger partial charge in [-0.3, -0.25) is 9.69 Å². The molecule has 7 heteroatoms. The number of hydrogen-bond donors (Lipinski definition) is 0. The van der Waals surface area contributed by atoms with Gasteiger partial charge in [-0.05, 0) is 38.6 Å². The fourth-order valence-corrected chi connectivity index (χ4v) is 2.86. The van der Waals surface area contributed by atoms with Gasteiger partial charge < -0.3 is 9.42 Å². The second kappa shape index (κ2) is 6.29. The van der Waals surface area contributed by atoms with E-state index in [4.69, 9.17) is 16.1 Å². The average Bonchev–Trinajstić information content (AvgIpc) is 2.96. The van der Waals surface area contributed by atoms with Gasteiger partial charge in [-0.2, -0.15) is 4.98 Å². The first-order valence-corrected chi connectivity index (χ1v) is 7.89. The highest BCUT2D eigenvalue weighted by Gasteiger charge is 2.32. The van der Waals surface area contributed by atoms with Crippen LogP contribution in [0.3, 0.4) is 0 Å². The Labute approximate surface area is 140 Å². The van der Waals surface area contributed by atoms with Gasteiger partial charge in [0.05, 0.1) is 0 Å². The summed E-state index contributed by atoms with van der Waals surface area (Å²) in [7, 11) is 1.99. The molecule has 0 saturated carbocycles. The molecule has 1 atom stereocenters. The summed E-state index contributed by atoms with van der Waals surface area (Å²) in [5.74, 6) is 1.12. The maximum Gasteiger partial charge on any atom is 0.254 e. The Hall–Kier alpha value is -1.92. The minimum atomic E-state index is -0.0881. The van der Waals surface area contributed by atoms with Crippen molar-refractivity contribution in [3.05, 3.63) is 46.1 Å². The van der Waals surface area contributed by atoms with Gasteiger partial charge in [0.25, 0.3) is 5.91 Å². The summed E-state index contributed by atoms with van der Waals surface area (Å²) in [6.45, 7) is 5.62. The molecule has 2 heterocycles. The number of halogens is 1. The van der Waals surface area contributed by atoms with Gasteiger partial charge in [0.1, 0.15) is 6.04 Å². The van der Waals surface area contributed by atoms with E-state index in [-0.39, 0.29) is 11.9 Å². The van der Waals surface area contributed by atoms with Crippen molar-refractivity contribution in [1.82, 2.24) is 19.9 Å². The van der Waals surface area contributed by atoms with E-state index in [1.54, 1.807) is 13.0 Å². The number of amides is 1. The van der Waals surface area contributed by atoms with E-state index in [1.165, 1.54) is 0 Å². The third-order valence-electron chi connectivity index (χ3n) is 4.18. The maximum absolute atomic E-state index is 12.7. The number of carbonyl (C=O) groups is 1. The van der Waals surface area contributed by atoms with Crippen LogP contribution < -0.4 is 0 Å². The molecule has 0 N–H and O–H groups in total. The van der Waals surface area contributed by atoms with Crippen molar-refractivity contribution < 1.29 is 9.32 Å². The number of rotatable bonds is 2. The van der Waals surface area contributed by atoms with E-state index in [0.29, 0.717) is 35.4 Å². The minimum absolute atomic E-state index is 0.0266. The number of nitrogens with zero attached hydrogens (tertiary/aromatic N) is 4. The first-order chi connectivity index (χ1) is 11.0. The highest BCUT2D eigenvalue weighted by atomic mass is 35.5. The van der Waals surface area contributed by atoms with Crippen LogP contribution in [0, 0.1) is 13.8 Å². The van der Waals surface area contributed by atoms with Crippen molar-refractivity contribution in [2.75, 3.05) is 26.7 Å². The van der Waals surface area contributed by atoms with Crippen LogP contribution in [-0.4, -0.2) is 52.5 Å². The molecule has 3 rings (SSSR count). The average molecular weight is 335 g/mol. The molecule has 1 aromatic heterocycles. The first-order valence-electron chi connectivity index (χ1n) is 7.51. The number of aromatic nitrogens is 2. The second-order valence-corrected chi connectivity index (χ2v) is 6.30. The molecule has 1 fully saturated rings. The van der Waals surface area contributed by atoms with Crippen LogP contribution in [0.15, 0.2) is 22.7 Å². The lowest BCUT2D eigenvalue weighted by Crippen LogP contribution is -2.49. The Kier molecular flexibility index (Phi) is 4.37. The summed E-state index contributed by atoms with van der Waals surface area (Å²) in [6.07, 6.45) is 0. The van der Waals surface area contributed by atoms with Crippen LogP contribution in [0.4, 0.5) is 0 Å². The number of carbonyl (C=O) groups excluding carboxylic acids is 1. The predicted molar refractivity (Wildman–Crippen MR) is 86.5 cm³/mol. The normalized spacial score (nSPS) is 19.1. The molecule has 1 aromatic carbocycles. The fourth-order valence-electron chi connectivity index (χ4n) is 2.68. The zero-order chi connectivity index (χ0) is 16.6. The van der Waals surface area contributed by atoms with Crippen molar-refractivity contribution >= 4 is 17.5 Å². The standard InChI is InChI=1S/C16H19ClN4O2/c1-10-4-5-12(8-13(10)17)16(22)21-7-6-20(3)14(9-21)15-18-11(2)19-23-15/h4-5,8,14H,6-7,9H2,1-3H3/t14-/m0/s1. The van der Waals surface area contributed by atoms with Crippen LogP contribution in [-0.2, 0) is 0 Å². The van der Waals surface area contributed by atoms with Gasteiger partial charge in [-0.25, -0.2) is 0 Å². The number of likely N-dealkylation sites (N-methyl/N-ethyl adjacent to an activating group) is 1. The number of piperazine rings is 1. The van der Waals surface area contributed by atoms with Gasteiger partial charge in [0, 0.05) is 30.2 Å². The van der Waals surface area contributed by atoms with Crippen molar-refractivity contribution in [3.63, 3.8) is 0 Å². The zero-order valence-electron chi connectivity index (χ0n) is 13.4. The molecule has 0 aliphatic carbocycles. The Bertz CT molecular complexity index is 731. The van der Waals surface area contributed by atoms with Crippen molar-refractivity contribution in [1.29, 1.82) is 0 Å². The lowest BCUT2D eigenvalue weighted by molar-refractivity contribution is 0.0489. The maximum atomic E-state index is 12.7. The second-order valence-electron chi connectivity index (χ2n) is 5.89. The minimum Gasteiger partial charge on any atom is -0.338 e. The Morgan fingerprint density at radius 1 is 1.35 bits per heavy atom. The van der Waals surface area contributed by atoms with Crippen molar-refractivity contribution in [2.45, 2.75) is 19.9 Å². The van der Waals surface area contributed by atoms with Gasteiger partial charge in [0.2, 0.25) is 5.89 Å². The van der Waals surface area contributed by atoms with Gasteiger partial charge in [-0.15, -0.1) is 0 Å². The van der Waals surface area contributed by atoms with E-state index < -0.39 is 0 Å². The molecular weight excluding hydrogens is 316 g/mol. The zero-order valence-corrected chi connectivity index (χ0v) is 14.2. The molecule has 0 unspecified atom stereocenters. The van der Waals surface area contributed by atoms with Crippen LogP contribution in [0.1, 0.15) is 33.7 Å². The third kappa shape index (κ3) is 3.23. The Morgan fingerprint density at radius 3 is 2.78 bits per heavy atom. The SMILES string of the molecule is Cc1noc([C@@H]2CN(C(=O)c3ccc(C)c(Cl)c3)CCN2C)n1. The van der Waals surface area contributed by atoms with Crippen LogP contribution >= 0.6 is 11.6 Å². The molecule has 6 nitrogen and oxygen atoms in total. The summed E-state index contributed by atoms with van der Waals surface area (Å²) in [4.78, 5) is 21.0. The lowest BCUT2D eigenvalue weighted by atomic mass is 10.1. The molecule has 23 heavy (non-hydrogen) atoms. The van der Waals surface area contributed by atoms with E-state index in [2.05, 4.69) is 15.0 Å². The summed E-state index contributed by atoms with van der Waals surface area (Å²) in [5, 5.41) is 4.45. The highest BCUT2D eigenvalue weighted by Crippen LogP contribution is 2.25. The highest BCUT2D eigenvalue weighted by molar-refractivity contribution is 6.31. The van der Waals surface area contributed by atoms with E-state index in [9.17, 15) is 4.79 Å². The molecule has 1 saturated heterocycles. The lowest BCUT2D eigenvalue weighted by Gasteiger charge is -2.37. The summed E-state index contributed by atoms with van der Waals surface area (Å²) >= 11 is 6.14.